The lowest BCUT2D eigenvalue weighted by molar-refractivity contribution is -0.173. The molecule has 12 heteroatoms. The molecule has 0 radical (unpaired) electrons. The number of nitrogens with zero attached hydrogens (tertiary/aromatic N) is 2. The summed E-state index contributed by atoms with van der Waals surface area (Å²) in [6.07, 6.45) is 1.31. The zero-order chi connectivity index (χ0) is 27.3. The minimum Gasteiger partial charge on any atom is -0.505 e. The van der Waals surface area contributed by atoms with Gasteiger partial charge in [-0.25, -0.2) is 13.7 Å². The first-order valence-electron chi connectivity index (χ1n) is 11.7. The summed E-state index contributed by atoms with van der Waals surface area (Å²) in [5.74, 6) is -9.96. The van der Waals surface area contributed by atoms with E-state index < -0.39 is 74.4 Å². The van der Waals surface area contributed by atoms with Gasteiger partial charge in [-0.05, 0) is 60.7 Å². The van der Waals surface area contributed by atoms with E-state index in [2.05, 4.69) is 0 Å². The molecule has 6 atom stereocenters. The van der Waals surface area contributed by atoms with Crippen LogP contribution in [0.5, 0.6) is 5.75 Å². The molecule has 0 spiro atoms. The molecule has 0 unspecified atom stereocenters. The zero-order valence-electron chi connectivity index (χ0n) is 19.3. The smallest absolute Gasteiger partial charge is 0.258 e. The zero-order valence-corrected chi connectivity index (χ0v) is 20.8. The molecule has 196 valence electrons. The van der Waals surface area contributed by atoms with Crippen LogP contribution in [0.4, 0.5) is 14.5 Å². The van der Waals surface area contributed by atoms with Gasteiger partial charge in [-0.3, -0.25) is 24.4 Å². The summed E-state index contributed by atoms with van der Waals surface area (Å²) in [7, 11) is 0. The monoisotopic (exact) mass is 562 g/mol. The first kappa shape index (κ1) is 25.0. The standard InChI is InChI=1S/C26H18Cl2F2N2O6/c27-25-10-16-14(6-7-15-19(16)22(35)32(38)21(15)34)20(11-1-8-18(33)17(30)9-11)26(25,28)24(37)31(23(25)36)13-4-2-12(29)3-5-13/h1-6,8-9,15-16,19-20,33,38H,7,10H2/t15-,16+,19-,20-,25+,26-/m0/s1. The number of amides is 4. The summed E-state index contributed by atoms with van der Waals surface area (Å²) in [5.41, 5.74) is 0.505. The molecule has 6 rings (SSSR count). The Morgan fingerprint density at radius 3 is 2.26 bits per heavy atom. The van der Waals surface area contributed by atoms with Gasteiger partial charge in [-0.1, -0.05) is 17.7 Å². The summed E-state index contributed by atoms with van der Waals surface area (Å²) in [4.78, 5) is 49.8. The molecule has 0 bridgehead atoms. The van der Waals surface area contributed by atoms with Gasteiger partial charge in [-0.15, -0.1) is 23.2 Å². The second kappa shape index (κ2) is 8.08. The number of aromatic hydroxyl groups is 1. The Balaban J connectivity index is 1.58. The molecular weight excluding hydrogens is 545 g/mol. The van der Waals surface area contributed by atoms with E-state index in [1.165, 1.54) is 18.2 Å². The Labute approximate surface area is 224 Å². The fourth-order valence-corrected chi connectivity index (χ4v) is 7.39. The lowest BCUT2D eigenvalue weighted by Gasteiger charge is -2.50. The normalized spacial score (nSPS) is 34.3. The maximum absolute atomic E-state index is 14.6. The molecule has 0 aromatic heterocycles. The molecular formula is C26H18Cl2F2N2O6. The van der Waals surface area contributed by atoms with E-state index >= 15 is 0 Å². The van der Waals surface area contributed by atoms with Crippen molar-refractivity contribution in [2.45, 2.75) is 28.5 Å². The number of hydroxylamine groups is 2. The van der Waals surface area contributed by atoms with Gasteiger partial charge < -0.3 is 5.11 Å². The number of imide groups is 2. The number of carbonyl (C=O) groups is 4. The van der Waals surface area contributed by atoms with Crippen molar-refractivity contribution in [3.63, 3.8) is 0 Å². The molecule has 2 aliphatic heterocycles. The van der Waals surface area contributed by atoms with Gasteiger partial charge in [-0.2, -0.15) is 5.06 Å². The van der Waals surface area contributed by atoms with Crippen molar-refractivity contribution in [2.75, 3.05) is 4.90 Å². The van der Waals surface area contributed by atoms with Crippen LogP contribution in [0.25, 0.3) is 0 Å². The van der Waals surface area contributed by atoms with Crippen LogP contribution in [0.3, 0.4) is 0 Å². The lowest BCUT2D eigenvalue weighted by atomic mass is 9.56. The van der Waals surface area contributed by atoms with Crippen LogP contribution in [0, 0.1) is 29.4 Å². The second-order valence-electron chi connectivity index (χ2n) is 9.95. The van der Waals surface area contributed by atoms with Crippen LogP contribution in [0.2, 0.25) is 0 Å². The SMILES string of the molecule is O=C1[C@H]2[C@H](CC=C3[C@H]2C[C@@]2(Cl)C(=O)N(c4ccc(F)cc4)C(=O)[C@@]2(Cl)[C@H]3c2ccc(O)c(F)c2)C(=O)N1O. The van der Waals surface area contributed by atoms with Crippen molar-refractivity contribution in [1.82, 2.24) is 5.06 Å². The maximum atomic E-state index is 14.6. The number of rotatable bonds is 2. The lowest BCUT2D eigenvalue weighted by Crippen LogP contribution is -2.60. The molecule has 2 saturated heterocycles. The molecule has 8 nitrogen and oxygen atoms in total. The van der Waals surface area contributed by atoms with Gasteiger partial charge in [0.05, 0.1) is 17.5 Å². The number of phenolic OH excluding ortho intramolecular Hbond substituents is 1. The third-order valence-corrected chi connectivity index (χ3v) is 9.59. The van der Waals surface area contributed by atoms with Crippen LogP contribution in [0.15, 0.2) is 54.1 Å². The molecule has 2 aliphatic carbocycles. The average Bonchev–Trinajstić information content (AvgIpc) is 3.19. The minimum atomic E-state index is -2.22. The Kier molecular flexibility index (Phi) is 5.31. The Morgan fingerprint density at radius 2 is 1.61 bits per heavy atom. The summed E-state index contributed by atoms with van der Waals surface area (Å²) >= 11 is 14.1. The quantitative estimate of drug-likeness (QED) is 0.250. The predicted octanol–water partition coefficient (Wildman–Crippen LogP) is 3.62. The van der Waals surface area contributed by atoms with Crippen LogP contribution in [-0.2, 0) is 19.2 Å². The van der Waals surface area contributed by atoms with E-state index in [4.69, 9.17) is 23.2 Å². The number of benzene rings is 2. The summed E-state index contributed by atoms with van der Waals surface area (Å²) in [6, 6.07) is 7.89. The maximum Gasteiger partial charge on any atom is 0.258 e. The van der Waals surface area contributed by atoms with E-state index in [0.29, 0.717) is 5.57 Å². The minimum absolute atomic E-state index is 0.00923. The Morgan fingerprint density at radius 1 is 0.921 bits per heavy atom. The van der Waals surface area contributed by atoms with Crippen molar-refractivity contribution in [1.29, 1.82) is 0 Å². The molecule has 2 aromatic rings. The number of hydrogen-bond donors (Lipinski definition) is 2. The van der Waals surface area contributed by atoms with Crippen molar-refractivity contribution in [2.24, 2.45) is 17.8 Å². The topological polar surface area (TPSA) is 115 Å². The number of anilines is 1. The van der Waals surface area contributed by atoms with Crippen LogP contribution in [0.1, 0.15) is 24.3 Å². The predicted molar refractivity (Wildman–Crippen MR) is 128 cm³/mol. The highest BCUT2D eigenvalue weighted by Gasteiger charge is 2.76. The highest BCUT2D eigenvalue weighted by molar-refractivity contribution is 6.58. The molecule has 2 N–H and O–H groups in total. The van der Waals surface area contributed by atoms with Crippen molar-refractivity contribution in [3.05, 3.63) is 71.3 Å². The van der Waals surface area contributed by atoms with Gasteiger partial charge in [0, 0.05) is 5.92 Å². The second-order valence-corrected chi connectivity index (χ2v) is 11.2. The molecule has 1 saturated carbocycles. The Bertz CT molecular complexity index is 1480. The number of carbonyl (C=O) groups excluding carboxylic acids is 4. The fraction of sp³-hybridized carbons (Fsp3) is 0.308. The van der Waals surface area contributed by atoms with E-state index in [-0.39, 0.29) is 29.2 Å². The van der Waals surface area contributed by atoms with Crippen molar-refractivity contribution < 1.29 is 38.3 Å². The van der Waals surface area contributed by atoms with Gasteiger partial charge in [0.2, 0.25) is 0 Å². The molecule has 3 fully saturated rings. The number of alkyl halides is 2. The fourth-order valence-electron chi connectivity index (χ4n) is 6.46. The highest BCUT2D eigenvalue weighted by atomic mass is 35.5. The molecule has 38 heavy (non-hydrogen) atoms. The van der Waals surface area contributed by atoms with Crippen LogP contribution < -0.4 is 4.90 Å². The number of hydrogen-bond acceptors (Lipinski definition) is 6. The third-order valence-electron chi connectivity index (χ3n) is 8.18. The molecule has 4 aliphatic rings. The summed E-state index contributed by atoms with van der Waals surface area (Å²) in [6.45, 7) is 0. The summed E-state index contributed by atoms with van der Waals surface area (Å²) in [5, 5.41) is 19.9. The Hall–Kier alpha value is -3.34. The number of phenols is 1. The average molecular weight is 563 g/mol. The van der Waals surface area contributed by atoms with Crippen molar-refractivity contribution in [3.8, 4) is 5.75 Å². The molecule has 4 amide bonds. The van der Waals surface area contributed by atoms with Crippen molar-refractivity contribution >= 4 is 52.5 Å². The largest absolute Gasteiger partial charge is 0.505 e. The van der Waals surface area contributed by atoms with E-state index in [9.17, 15) is 38.3 Å². The highest BCUT2D eigenvalue weighted by Crippen LogP contribution is 2.65. The van der Waals surface area contributed by atoms with E-state index in [1.807, 2.05) is 0 Å². The first-order valence-corrected chi connectivity index (χ1v) is 12.4. The third kappa shape index (κ3) is 2.99. The molecule has 2 heterocycles. The summed E-state index contributed by atoms with van der Waals surface area (Å²) < 4.78 is 28.2. The van der Waals surface area contributed by atoms with Gasteiger partial charge in [0.25, 0.3) is 23.6 Å². The van der Waals surface area contributed by atoms with E-state index in [1.54, 1.807) is 6.08 Å². The van der Waals surface area contributed by atoms with E-state index in [0.717, 1.165) is 29.2 Å². The van der Waals surface area contributed by atoms with Crippen LogP contribution >= 0.6 is 23.2 Å². The first-order chi connectivity index (χ1) is 17.9. The number of halogens is 4. The molecule has 2 aromatic carbocycles. The van der Waals surface area contributed by atoms with Gasteiger partial charge in [0.15, 0.2) is 21.3 Å². The number of allylic oxidation sites excluding steroid dienone is 2. The number of fused-ring (bicyclic) bond motifs is 4. The van der Waals surface area contributed by atoms with Gasteiger partial charge >= 0.3 is 0 Å². The van der Waals surface area contributed by atoms with Crippen LogP contribution in [-0.4, -0.2) is 48.8 Å². The van der Waals surface area contributed by atoms with Gasteiger partial charge in [0.1, 0.15) is 5.82 Å².